The first-order valence-corrected chi connectivity index (χ1v) is 9.17. The molecule has 25 heavy (non-hydrogen) atoms. The number of amides is 1. The Labute approximate surface area is 156 Å². The highest BCUT2D eigenvalue weighted by molar-refractivity contribution is 8.00. The smallest absolute Gasteiger partial charge is 0.317 e. The first-order valence-electron chi connectivity index (χ1n) is 7.81. The van der Waals surface area contributed by atoms with Gasteiger partial charge in [0, 0.05) is 15.6 Å². The minimum Gasteiger partial charge on any atom is -0.452 e. The number of esters is 1. The summed E-state index contributed by atoms with van der Waals surface area (Å²) in [5.41, 5.74) is 2.84. The van der Waals surface area contributed by atoms with Crippen molar-refractivity contribution in [2.24, 2.45) is 0 Å². The van der Waals surface area contributed by atoms with Gasteiger partial charge in [-0.25, -0.2) is 0 Å². The normalized spacial score (nSPS) is 11.7. The summed E-state index contributed by atoms with van der Waals surface area (Å²) in [7, 11) is 0. The zero-order chi connectivity index (χ0) is 18.4. The van der Waals surface area contributed by atoms with Crippen molar-refractivity contribution >= 4 is 40.9 Å². The topological polar surface area (TPSA) is 55.4 Å². The minimum absolute atomic E-state index is 0.156. The first-order chi connectivity index (χ1) is 11.8. The summed E-state index contributed by atoms with van der Waals surface area (Å²) < 4.78 is 5.20. The van der Waals surface area contributed by atoms with Gasteiger partial charge in [-0.3, -0.25) is 9.59 Å². The van der Waals surface area contributed by atoms with Gasteiger partial charge in [0.1, 0.15) is 0 Å². The van der Waals surface area contributed by atoms with E-state index in [2.05, 4.69) is 5.32 Å². The zero-order valence-corrected chi connectivity index (χ0v) is 15.9. The zero-order valence-electron chi connectivity index (χ0n) is 14.3. The van der Waals surface area contributed by atoms with Gasteiger partial charge in [-0.2, -0.15) is 0 Å². The summed E-state index contributed by atoms with van der Waals surface area (Å²) in [5.74, 6) is -0.653. The Morgan fingerprint density at radius 1 is 1.16 bits per heavy atom. The lowest BCUT2D eigenvalue weighted by molar-refractivity contribution is -0.150. The molecule has 1 N–H and O–H groups in total. The van der Waals surface area contributed by atoms with E-state index in [-0.39, 0.29) is 11.7 Å². The molecule has 1 amide bonds. The Balaban J connectivity index is 1.83. The van der Waals surface area contributed by atoms with E-state index in [9.17, 15) is 9.59 Å². The molecule has 0 radical (unpaired) electrons. The maximum absolute atomic E-state index is 12.1. The standard InChI is InChI=1S/C19H20ClNO3S/c1-12-4-5-13(2)17(10-12)25-11-18(22)24-14(3)19(23)21-16-8-6-15(20)7-9-16/h4-10,14H,11H2,1-3H3,(H,21,23)/t14-/m1/s1. The Kier molecular flexibility index (Phi) is 6.91. The number of ether oxygens (including phenoxy) is 1. The van der Waals surface area contributed by atoms with Crippen LogP contribution >= 0.6 is 23.4 Å². The average Bonchev–Trinajstić information content (AvgIpc) is 2.57. The lowest BCUT2D eigenvalue weighted by Gasteiger charge is -2.14. The molecular weight excluding hydrogens is 358 g/mol. The molecule has 0 bridgehead atoms. The van der Waals surface area contributed by atoms with Crippen LogP contribution in [0.25, 0.3) is 0 Å². The molecule has 0 aliphatic carbocycles. The van der Waals surface area contributed by atoms with E-state index in [0.29, 0.717) is 10.7 Å². The van der Waals surface area contributed by atoms with E-state index >= 15 is 0 Å². The molecule has 0 aliphatic heterocycles. The molecule has 0 saturated heterocycles. The predicted molar refractivity (Wildman–Crippen MR) is 102 cm³/mol. The van der Waals surface area contributed by atoms with Crippen LogP contribution in [0.5, 0.6) is 0 Å². The molecule has 1 atom stereocenters. The molecular formula is C19H20ClNO3S. The van der Waals surface area contributed by atoms with Gasteiger partial charge in [-0.15, -0.1) is 11.8 Å². The fourth-order valence-electron chi connectivity index (χ4n) is 2.06. The van der Waals surface area contributed by atoms with Gasteiger partial charge >= 0.3 is 5.97 Å². The predicted octanol–water partition coefficient (Wildman–Crippen LogP) is 4.62. The quantitative estimate of drug-likeness (QED) is 0.589. The minimum atomic E-state index is -0.873. The number of halogens is 1. The lowest BCUT2D eigenvalue weighted by Crippen LogP contribution is -2.30. The second kappa shape index (κ2) is 8.92. The number of hydrogen-bond donors (Lipinski definition) is 1. The van der Waals surface area contributed by atoms with Crippen LogP contribution in [0.15, 0.2) is 47.4 Å². The largest absolute Gasteiger partial charge is 0.452 e. The molecule has 4 nitrogen and oxygen atoms in total. The number of thioether (sulfide) groups is 1. The number of benzene rings is 2. The molecule has 0 aromatic heterocycles. The van der Waals surface area contributed by atoms with Crippen molar-refractivity contribution < 1.29 is 14.3 Å². The van der Waals surface area contributed by atoms with Crippen LogP contribution in [0.3, 0.4) is 0 Å². The van der Waals surface area contributed by atoms with E-state index < -0.39 is 12.1 Å². The van der Waals surface area contributed by atoms with Crippen molar-refractivity contribution in [2.45, 2.75) is 31.8 Å². The summed E-state index contributed by atoms with van der Waals surface area (Å²) in [4.78, 5) is 25.1. The van der Waals surface area contributed by atoms with Crippen molar-refractivity contribution in [3.63, 3.8) is 0 Å². The molecule has 2 aromatic carbocycles. The third-order valence-electron chi connectivity index (χ3n) is 3.48. The molecule has 2 rings (SSSR count). The number of carbonyl (C=O) groups excluding carboxylic acids is 2. The highest BCUT2D eigenvalue weighted by Gasteiger charge is 2.18. The van der Waals surface area contributed by atoms with Crippen LogP contribution in [0.2, 0.25) is 5.02 Å². The van der Waals surface area contributed by atoms with Gasteiger partial charge in [0.2, 0.25) is 0 Å². The molecule has 0 aliphatic rings. The Hall–Kier alpha value is -1.98. The lowest BCUT2D eigenvalue weighted by atomic mass is 10.2. The third-order valence-corrected chi connectivity index (χ3v) is 4.86. The van der Waals surface area contributed by atoms with E-state index in [0.717, 1.165) is 16.0 Å². The number of nitrogens with one attached hydrogen (secondary N) is 1. The maximum atomic E-state index is 12.1. The van der Waals surface area contributed by atoms with Crippen molar-refractivity contribution in [1.82, 2.24) is 0 Å². The third kappa shape index (κ3) is 6.11. The van der Waals surface area contributed by atoms with Crippen molar-refractivity contribution in [1.29, 1.82) is 0 Å². The highest BCUT2D eigenvalue weighted by Crippen LogP contribution is 2.23. The summed E-state index contributed by atoms with van der Waals surface area (Å²) in [6.45, 7) is 5.55. The number of aryl methyl sites for hydroxylation is 2. The van der Waals surface area contributed by atoms with Gasteiger partial charge < -0.3 is 10.1 Å². The second-order valence-corrected chi connectivity index (χ2v) is 7.14. The Morgan fingerprint density at radius 3 is 2.52 bits per heavy atom. The summed E-state index contributed by atoms with van der Waals surface area (Å²) >= 11 is 7.21. The van der Waals surface area contributed by atoms with Gasteiger partial charge in [-0.1, -0.05) is 29.3 Å². The van der Waals surface area contributed by atoms with Crippen LogP contribution < -0.4 is 5.32 Å². The maximum Gasteiger partial charge on any atom is 0.317 e. The highest BCUT2D eigenvalue weighted by atomic mass is 35.5. The number of hydrogen-bond acceptors (Lipinski definition) is 4. The van der Waals surface area contributed by atoms with E-state index in [1.165, 1.54) is 11.8 Å². The summed E-state index contributed by atoms with van der Waals surface area (Å²) in [6, 6.07) is 12.8. The van der Waals surface area contributed by atoms with E-state index in [4.69, 9.17) is 16.3 Å². The van der Waals surface area contributed by atoms with Gasteiger partial charge in [0.05, 0.1) is 5.75 Å². The molecule has 0 unspecified atom stereocenters. The Bertz CT molecular complexity index is 762. The molecule has 6 heteroatoms. The molecule has 132 valence electrons. The molecule has 0 heterocycles. The van der Waals surface area contributed by atoms with Crippen LogP contribution in [-0.4, -0.2) is 23.7 Å². The molecule has 2 aromatic rings. The molecule has 0 spiro atoms. The van der Waals surface area contributed by atoms with Crippen molar-refractivity contribution in [3.8, 4) is 0 Å². The van der Waals surface area contributed by atoms with Gasteiger partial charge in [0.25, 0.3) is 5.91 Å². The molecule has 0 saturated carbocycles. The van der Waals surface area contributed by atoms with Crippen LogP contribution in [-0.2, 0) is 14.3 Å². The van der Waals surface area contributed by atoms with Gasteiger partial charge in [-0.05, 0) is 56.7 Å². The summed E-state index contributed by atoms with van der Waals surface area (Å²) in [5, 5.41) is 3.27. The van der Waals surface area contributed by atoms with Crippen LogP contribution in [0.1, 0.15) is 18.1 Å². The van der Waals surface area contributed by atoms with Crippen molar-refractivity contribution in [3.05, 3.63) is 58.6 Å². The number of rotatable bonds is 6. The van der Waals surface area contributed by atoms with E-state index in [1.807, 2.05) is 32.0 Å². The number of anilines is 1. The van der Waals surface area contributed by atoms with Crippen LogP contribution in [0, 0.1) is 13.8 Å². The van der Waals surface area contributed by atoms with Crippen LogP contribution in [0.4, 0.5) is 5.69 Å². The number of carbonyl (C=O) groups is 2. The monoisotopic (exact) mass is 377 g/mol. The average molecular weight is 378 g/mol. The first kappa shape index (κ1) is 19.3. The summed E-state index contributed by atoms with van der Waals surface area (Å²) in [6.07, 6.45) is -0.873. The van der Waals surface area contributed by atoms with Gasteiger partial charge in [0.15, 0.2) is 6.10 Å². The fraction of sp³-hybridized carbons (Fsp3) is 0.263. The van der Waals surface area contributed by atoms with E-state index in [1.54, 1.807) is 31.2 Å². The molecule has 0 fully saturated rings. The Morgan fingerprint density at radius 2 is 1.84 bits per heavy atom. The second-order valence-electron chi connectivity index (χ2n) is 5.69. The SMILES string of the molecule is Cc1ccc(C)c(SCC(=O)O[C@H](C)C(=O)Nc2ccc(Cl)cc2)c1. The fourth-order valence-corrected chi connectivity index (χ4v) is 3.09. The van der Waals surface area contributed by atoms with Crippen molar-refractivity contribution in [2.75, 3.05) is 11.1 Å².